The summed E-state index contributed by atoms with van der Waals surface area (Å²) in [6, 6.07) is 14.7. The van der Waals surface area contributed by atoms with Crippen LogP contribution in [0.5, 0.6) is 0 Å². The molecule has 1 atom stereocenters. The lowest BCUT2D eigenvalue weighted by Crippen LogP contribution is -2.48. The highest BCUT2D eigenvalue weighted by Gasteiger charge is 2.24. The molecule has 0 spiro atoms. The second-order valence-electron chi connectivity index (χ2n) is 7.53. The maximum Gasteiger partial charge on any atom is 0.317 e. The number of nitrogens with one attached hydrogen (secondary N) is 1. The first-order chi connectivity index (χ1) is 13.0. The lowest BCUT2D eigenvalue weighted by Gasteiger charge is -2.34. The van der Waals surface area contributed by atoms with Gasteiger partial charge in [-0.25, -0.2) is 4.79 Å². The van der Waals surface area contributed by atoms with Crippen LogP contribution in [0.2, 0.25) is 0 Å². The molecule has 1 unspecified atom stereocenters. The van der Waals surface area contributed by atoms with Gasteiger partial charge in [-0.05, 0) is 44.4 Å². The van der Waals surface area contributed by atoms with Crippen molar-refractivity contribution in [1.82, 2.24) is 20.1 Å². The molecule has 1 aromatic carbocycles. The molecular weight excluding hydrogens is 336 g/mol. The molecule has 1 aliphatic heterocycles. The molecule has 1 saturated heterocycles. The van der Waals surface area contributed by atoms with E-state index in [0.717, 1.165) is 38.2 Å². The second kappa shape index (κ2) is 9.00. The number of amides is 2. The molecule has 2 heterocycles. The lowest BCUT2D eigenvalue weighted by atomic mass is 10.0. The maximum atomic E-state index is 12.6. The number of hydrogen-bond acceptors (Lipinski definition) is 3. The fourth-order valence-corrected chi connectivity index (χ4v) is 3.58. The van der Waals surface area contributed by atoms with Gasteiger partial charge in [0, 0.05) is 38.9 Å². The Balaban J connectivity index is 1.46. The normalized spacial score (nSPS) is 16.7. The van der Waals surface area contributed by atoms with E-state index in [1.54, 1.807) is 11.1 Å². The third-order valence-corrected chi connectivity index (χ3v) is 5.42. The average molecular weight is 367 g/mol. The Labute approximate surface area is 162 Å². The number of pyridine rings is 1. The van der Waals surface area contributed by atoms with Gasteiger partial charge >= 0.3 is 6.03 Å². The average Bonchev–Trinajstić information content (AvgIpc) is 2.69. The predicted octanol–water partition coefficient (Wildman–Crippen LogP) is 3.76. The van der Waals surface area contributed by atoms with E-state index in [4.69, 9.17) is 0 Å². The fraction of sp³-hybridized carbons (Fsp3) is 0.455. The first kappa shape index (κ1) is 19.4. The second-order valence-corrected chi connectivity index (χ2v) is 7.53. The molecule has 1 N–H and O–H groups in total. The lowest BCUT2D eigenvalue weighted by molar-refractivity contribution is 0.166. The monoisotopic (exact) mass is 366 g/mol. The standard InChI is InChI=1S/C22H30N4O/c1-17-7-6-8-19(15-17)16-26-13-10-20(11-14-26)24-22(27)25(3)18(2)21-9-4-5-12-23-21/h4-9,12,15,18,20H,10-11,13-14,16H2,1-3H3,(H,24,27). The summed E-state index contributed by atoms with van der Waals surface area (Å²) < 4.78 is 0. The van der Waals surface area contributed by atoms with Crippen LogP contribution in [-0.2, 0) is 6.54 Å². The number of carbonyl (C=O) groups is 1. The van der Waals surface area contributed by atoms with Crippen LogP contribution in [0.3, 0.4) is 0 Å². The van der Waals surface area contributed by atoms with Gasteiger partial charge in [-0.3, -0.25) is 9.88 Å². The van der Waals surface area contributed by atoms with Gasteiger partial charge < -0.3 is 10.2 Å². The quantitative estimate of drug-likeness (QED) is 0.877. The molecule has 2 aromatic rings. The van der Waals surface area contributed by atoms with Crippen LogP contribution in [0.25, 0.3) is 0 Å². The van der Waals surface area contributed by atoms with Crippen LogP contribution >= 0.6 is 0 Å². The molecule has 1 aromatic heterocycles. The van der Waals surface area contributed by atoms with Gasteiger partial charge in [0.1, 0.15) is 0 Å². The van der Waals surface area contributed by atoms with E-state index in [9.17, 15) is 4.79 Å². The molecule has 1 fully saturated rings. The number of rotatable bonds is 5. The number of piperidine rings is 1. The molecule has 0 saturated carbocycles. The molecule has 5 nitrogen and oxygen atoms in total. The Kier molecular flexibility index (Phi) is 6.45. The molecular formula is C22H30N4O. The minimum Gasteiger partial charge on any atom is -0.335 e. The van der Waals surface area contributed by atoms with E-state index in [-0.39, 0.29) is 18.1 Å². The van der Waals surface area contributed by atoms with Crippen molar-refractivity contribution in [1.29, 1.82) is 0 Å². The summed E-state index contributed by atoms with van der Waals surface area (Å²) in [5.74, 6) is 0. The Bertz CT molecular complexity index is 741. The first-order valence-corrected chi connectivity index (χ1v) is 9.75. The minimum absolute atomic E-state index is 0.0229. The number of nitrogens with zero attached hydrogens (tertiary/aromatic N) is 3. The predicted molar refractivity (Wildman–Crippen MR) is 108 cm³/mol. The van der Waals surface area contributed by atoms with Gasteiger partial charge in [-0.2, -0.15) is 0 Å². The third-order valence-electron chi connectivity index (χ3n) is 5.42. The molecule has 144 valence electrons. The Morgan fingerprint density at radius 2 is 2.04 bits per heavy atom. The SMILES string of the molecule is Cc1cccc(CN2CCC(NC(=O)N(C)C(C)c3ccccn3)CC2)c1. The van der Waals surface area contributed by atoms with Gasteiger partial charge in [0.25, 0.3) is 0 Å². The topological polar surface area (TPSA) is 48.5 Å². The van der Waals surface area contributed by atoms with Crippen LogP contribution < -0.4 is 5.32 Å². The molecule has 0 radical (unpaired) electrons. The van der Waals surface area contributed by atoms with Crippen LogP contribution in [0, 0.1) is 6.92 Å². The summed E-state index contributed by atoms with van der Waals surface area (Å²) in [5.41, 5.74) is 3.57. The van der Waals surface area contributed by atoms with Gasteiger partial charge in [-0.1, -0.05) is 35.9 Å². The molecule has 5 heteroatoms. The summed E-state index contributed by atoms with van der Waals surface area (Å²) in [7, 11) is 1.83. The van der Waals surface area contributed by atoms with E-state index < -0.39 is 0 Å². The van der Waals surface area contributed by atoms with Gasteiger partial charge in [0.15, 0.2) is 0 Å². The van der Waals surface area contributed by atoms with Crippen molar-refractivity contribution in [3.8, 4) is 0 Å². The Morgan fingerprint density at radius 1 is 1.26 bits per heavy atom. The molecule has 0 bridgehead atoms. The molecule has 0 aliphatic carbocycles. The highest BCUT2D eigenvalue weighted by Crippen LogP contribution is 2.18. The van der Waals surface area contributed by atoms with Crippen molar-refractivity contribution < 1.29 is 4.79 Å². The van der Waals surface area contributed by atoms with Crippen molar-refractivity contribution in [2.75, 3.05) is 20.1 Å². The van der Waals surface area contributed by atoms with Crippen LogP contribution in [0.15, 0.2) is 48.7 Å². The number of aryl methyl sites for hydroxylation is 1. The zero-order valence-electron chi connectivity index (χ0n) is 16.6. The van der Waals surface area contributed by atoms with E-state index in [1.807, 2.05) is 32.2 Å². The van der Waals surface area contributed by atoms with Crippen LogP contribution in [0.4, 0.5) is 4.79 Å². The Morgan fingerprint density at radius 3 is 2.70 bits per heavy atom. The highest BCUT2D eigenvalue weighted by molar-refractivity contribution is 5.74. The zero-order chi connectivity index (χ0) is 19.2. The molecule has 3 rings (SSSR count). The van der Waals surface area contributed by atoms with Crippen molar-refractivity contribution in [2.24, 2.45) is 0 Å². The van der Waals surface area contributed by atoms with Crippen LogP contribution in [-0.4, -0.2) is 47.0 Å². The van der Waals surface area contributed by atoms with Gasteiger partial charge in [0.05, 0.1) is 11.7 Å². The van der Waals surface area contributed by atoms with Crippen molar-refractivity contribution in [2.45, 2.75) is 45.3 Å². The number of benzene rings is 1. The van der Waals surface area contributed by atoms with Gasteiger partial charge in [0.2, 0.25) is 0 Å². The number of carbonyl (C=O) groups excluding carboxylic acids is 1. The zero-order valence-corrected chi connectivity index (χ0v) is 16.6. The van der Waals surface area contributed by atoms with E-state index >= 15 is 0 Å². The fourth-order valence-electron chi connectivity index (χ4n) is 3.58. The van der Waals surface area contributed by atoms with Crippen molar-refractivity contribution in [3.63, 3.8) is 0 Å². The Hall–Kier alpha value is -2.40. The molecule has 1 aliphatic rings. The van der Waals surface area contributed by atoms with E-state index in [0.29, 0.717) is 0 Å². The number of urea groups is 1. The highest BCUT2D eigenvalue weighted by atomic mass is 16.2. The van der Waals surface area contributed by atoms with E-state index in [1.165, 1.54) is 11.1 Å². The maximum absolute atomic E-state index is 12.6. The summed E-state index contributed by atoms with van der Waals surface area (Å²) in [5, 5.41) is 3.20. The number of aromatic nitrogens is 1. The smallest absolute Gasteiger partial charge is 0.317 e. The number of likely N-dealkylation sites (tertiary alicyclic amines) is 1. The third kappa shape index (κ3) is 5.30. The van der Waals surface area contributed by atoms with Crippen LogP contribution in [0.1, 0.15) is 42.6 Å². The summed E-state index contributed by atoms with van der Waals surface area (Å²) in [6.45, 7) is 7.15. The summed E-state index contributed by atoms with van der Waals surface area (Å²) in [6.07, 6.45) is 3.74. The van der Waals surface area contributed by atoms with Gasteiger partial charge in [-0.15, -0.1) is 0 Å². The minimum atomic E-state index is -0.0485. The largest absolute Gasteiger partial charge is 0.335 e. The summed E-state index contributed by atoms with van der Waals surface area (Å²) in [4.78, 5) is 21.2. The number of hydrogen-bond donors (Lipinski definition) is 1. The first-order valence-electron chi connectivity index (χ1n) is 9.75. The molecule has 27 heavy (non-hydrogen) atoms. The van der Waals surface area contributed by atoms with Crippen molar-refractivity contribution >= 4 is 6.03 Å². The van der Waals surface area contributed by atoms with Crippen molar-refractivity contribution in [3.05, 3.63) is 65.5 Å². The summed E-state index contributed by atoms with van der Waals surface area (Å²) >= 11 is 0. The molecule has 2 amide bonds. The van der Waals surface area contributed by atoms with E-state index in [2.05, 4.69) is 46.4 Å².